The highest BCUT2D eigenvalue weighted by atomic mass is 32.2. The van der Waals surface area contributed by atoms with E-state index < -0.39 is 0 Å². The molecule has 0 fully saturated rings. The first-order chi connectivity index (χ1) is 11.2. The van der Waals surface area contributed by atoms with Gasteiger partial charge in [-0.1, -0.05) is 29.8 Å². The molecule has 1 amide bonds. The van der Waals surface area contributed by atoms with Gasteiger partial charge >= 0.3 is 0 Å². The molecule has 0 spiro atoms. The van der Waals surface area contributed by atoms with E-state index in [0.29, 0.717) is 24.7 Å². The van der Waals surface area contributed by atoms with Crippen LogP contribution < -0.4 is 14.8 Å². The minimum absolute atomic E-state index is 0.0145. The maximum atomic E-state index is 12.0. The average Bonchev–Trinajstić information content (AvgIpc) is 2.55. The summed E-state index contributed by atoms with van der Waals surface area (Å²) < 4.78 is 11.0. The van der Waals surface area contributed by atoms with E-state index in [1.54, 1.807) is 17.8 Å². The fourth-order valence-corrected chi connectivity index (χ4v) is 3.16. The highest BCUT2D eigenvalue weighted by molar-refractivity contribution is 7.99. The molecular formula is C18H19NO3S. The van der Waals surface area contributed by atoms with E-state index in [1.807, 2.05) is 18.2 Å². The van der Waals surface area contributed by atoms with Crippen LogP contribution in [0, 0.1) is 6.92 Å². The van der Waals surface area contributed by atoms with E-state index in [9.17, 15) is 4.79 Å². The molecule has 3 rings (SSSR count). The first-order valence-corrected chi connectivity index (χ1v) is 8.69. The van der Waals surface area contributed by atoms with Gasteiger partial charge in [0.15, 0.2) is 11.5 Å². The number of hydrogen-bond donors (Lipinski definition) is 1. The van der Waals surface area contributed by atoms with Gasteiger partial charge in [-0.05, 0) is 24.6 Å². The van der Waals surface area contributed by atoms with Crippen molar-refractivity contribution in [2.45, 2.75) is 12.7 Å². The molecule has 0 saturated heterocycles. The Kier molecular flexibility index (Phi) is 5.08. The second-order valence-electron chi connectivity index (χ2n) is 5.39. The Labute approximate surface area is 140 Å². The van der Waals surface area contributed by atoms with E-state index in [0.717, 1.165) is 17.2 Å². The molecule has 0 unspecified atom stereocenters. The SMILES string of the molecule is Cc1cccc(CSCC(=O)Nc2ccc3c(c2)OCCO3)c1. The largest absolute Gasteiger partial charge is 0.486 e. The van der Waals surface area contributed by atoms with Crippen molar-refractivity contribution in [3.63, 3.8) is 0 Å². The summed E-state index contributed by atoms with van der Waals surface area (Å²) in [5.41, 5.74) is 3.21. The minimum atomic E-state index is -0.0145. The average molecular weight is 329 g/mol. The maximum absolute atomic E-state index is 12.0. The zero-order valence-corrected chi connectivity index (χ0v) is 13.8. The second-order valence-corrected chi connectivity index (χ2v) is 6.37. The molecule has 1 aliphatic heterocycles. The summed E-state index contributed by atoms with van der Waals surface area (Å²) in [5.74, 6) is 2.64. The van der Waals surface area contributed by atoms with Crippen LogP contribution in [0.25, 0.3) is 0 Å². The van der Waals surface area contributed by atoms with Gasteiger partial charge in [-0.25, -0.2) is 0 Å². The van der Waals surface area contributed by atoms with Crippen molar-refractivity contribution in [2.24, 2.45) is 0 Å². The molecule has 5 heteroatoms. The Hall–Kier alpha value is -2.14. The Bertz CT molecular complexity index is 702. The van der Waals surface area contributed by atoms with Crippen molar-refractivity contribution < 1.29 is 14.3 Å². The Morgan fingerprint density at radius 1 is 1.13 bits per heavy atom. The first-order valence-electron chi connectivity index (χ1n) is 7.53. The molecule has 0 saturated carbocycles. The molecule has 0 bridgehead atoms. The lowest BCUT2D eigenvalue weighted by Crippen LogP contribution is -2.17. The van der Waals surface area contributed by atoms with Crippen LogP contribution >= 0.6 is 11.8 Å². The van der Waals surface area contributed by atoms with Crippen LogP contribution in [0.3, 0.4) is 0 Å². The van der Waals surface area contributed by atoms with Gasteiger partial charge in [-0.3, -0.25) is 4.79 Å². The number of fused-ring (bicyclic) bond motifs is 1. The lowest BCUT2D eigenvalue weighted by molar-refractivity contribution is -0.113. The van der Waals surface area contributed by atoms with Crippen LogP contribution in [-0.2, 0) is 10.5 Å². The van der Waals surface area contributed by atoms with Crippen LogP contribution in [0.5, 0.6) is 11.5 Å². The zero-order valence-electron chi connectivity index (χ0n) is 13.0. The van der Waals surface area contributed by atoms with Gasteiger partial charge < -0.3 is 14.8 Å². The van der Waals surface area contributed by atoms with Crippen molar-refractivity contribution in [3.05, 3.63) is 53.6 Å². The number of benzene rings is 2. The number of carbonyl (C=O) groups is 1. The Morgan fingerprint density at radius 2 is 1.96 bits per heavy atom. The van der Waals surface area contributed by atoms with E-state index in [1.165, 1.54) is 11.1 Å². The summed E-state index contributed by atoms with van der Waals surface area (Å²) in [7, 11) is 0. The van der Waals surface area contributed by atoms with E-state index in [4.69, 9.17) is 9.47 Å². The number of amides is 1. The number of carbonyl (C=O) groups excluding carboxylic acids is 1. The predicted octanol–water partition coefficient (Wildman–Crippen LogP) is 3.64. The van der Waals surface area contributed by atoms with Crippen molar-refractivity contribution in [3.8, 4) is 11.5 Å². The highest BCUT2D eigenvalue weighted by Crippen LogP contribution is 2.32. The summed E-state index contributed by atoms with van der Waals surface area (Å²) >= 11 is 1.60. The molecule has 1 aliphatic rings. The van der Waals surface area contributed by atoms with Crippen LogP contribution in [0.15, 0.2) is 42.5 Å². The van der Waals surface area contributed by atoms with Gasteiger partial charge in [0.05, 0.1) is 5.75 Å². The number of hydrogen-bond acceptors (Lipinski definition) is 4. The molecule has 0 aromatic heterocycles. The Morgan fingerprint density at radius 3 is 2.78 bits per heavy atom. The van der Waals surface area contributed by atoms with Crippen LogP contribution in [0.4, 0.5) is 5.69 Å². The van der Waals surface area contributed by atoms with Crippen LogP contribution in [0.1, 0.15) is 11.1 Å². The summed E-state index contributed by atoms with van der Waals surface area (Å²) in [6, 6.07) is 13.8. The van der Waals surface area contributed by atoms with Crippen molar-refractivity contribution >= 4 is 23.4 Å². The standard InChI is InChI=1S/C18H19NO3S/c1-13-3-2-4-14(9-13)11-23-12-18(20)19-15-5-6-16-17(10-15)22-8-7-21-16/h2-6,9-10H,7-8,11-12H2,1H3,(H,19,20). The molecule has 2 aromatic rings. The minimum Gasteiger partial charge on any atom is -0.486 e. The van der Waals surface area contributed by atoms with Crippen molar-refractivity contribution in [2.75, 3.05) is 24.3 Å². The third-order valence-electron chi connectivity index (χ3n) is 3.41. The third-order valence-corrected chi connectivity index (χ3v) is 4.41. The van der Waals surface area contributed by atoms with Crippen LogP contribution in [0.2, 0.25) is 0 Å². The molecule has 1 N–H and O–H groups in total. The summed E-state index contributed by atoms with van der Waals surface area (Å²) in [6.07, 6.45) is 0. The number of rotatable bonds is 5. The van der Waals surface area contributed by atoms with Gasteiger partial charge in [0.1, 0.15) is 13.2 Å². The van der Waals surface area contributed by atoms with Crippen LogP contribution in [-0.4, -0.2) is 24.9 Å². The molecular weight excluding hydrogens is 310 g/mol. The fourth-order valence-electron chi connectivity index (χ4n) is 2.38. The number of ether oxygens (including phenoxy) is 2. The smallest absolute Gasteiger partial charge is 0.234 e. The maximum Gasteiger partial charge on any atom is 0.234 e. The molecule has 4 nitrogen and oxygen atoms in total. The molecule has 0 aliphatic carbocycles. The topological polar surface area (TPSA) is 47.6 Å². The molecule has 0 radical (unpaired) electrons. The molecule has 0 atom stereocenters. The summed E-state index contributed by atoms with van der Waals surface area (Å²) in [4.78, 5) is 12.0. The molecule has 23 heavy (non-hydrogen) atoms. The van der Waals surface area contributed by atoms with Gasteiger partial charge in [0.25, 0.3) is 0 Å². The predicted molar refractivity (Wildman–Crippen MR) is 93.4 cm³/mol. The van der Waals surface area contributed by atoms with Gasteiger partial charge in [-0.2, -0.15) is 0 Å². The molecule has 120 valence electrons. The third kappa shape index (κ3) is 4.42. The number of nitrogens with one attached hydrogen (secondary N) is 1. The molecule has 2 aromatic carbocycles. The number of thioether (sulfide) groups is 1. The van der Waals surface area contributed by atoms with Crippen molar-refractivity contribution in [1.82, 2.24) is 0 Å². The Balaban J connectivity index is 1.49. The van der Waals surface area contributed by atoms with E-state index >= 15 is 0 Å². The highest BCUT2D eigenvalue weighted by Gasteiger charge is 2.12. The lowest BCUT2D eigenvalue weighted by atomic mass is 10.2. The number of aryl methyl sites for hydroxylation is 1. The zero-order chi connectivity index (χ0) is 16.1. The van der Waals surface area contributed by atoms with Crippen molar-refractivity contribution in [1.29, 1.82) is 0 Å². The van der Waals surface area contributed by atoms with Gasteiger partial charge in [-0.15, -0.1) is 11.8 Å². The normalized spacial score (nSPS) is 12.7. The van der Waals surface area contributed by atoms with Gasteiger partial charge in [0, 0.05) is 17.5 Å². The quantitative estimate of drug-likeness (QED) is 0.910. The monoisotopic (exact) mass is 329 g/mol. The summed E-state index contributed by atoms with van der Waals surface area (Å²) in [5, 5.41) is 2.89. The molecule has 1 heterocycles. The number of anilines is 1. The van der Waals surface area contributed by atoms with Gasteiger partial charge in [0.2, 0.25) is 5.91 Å². The van der Waals surface area contributed by atoms with E-state index in [2.05, 4.69) is 30.4 Å². The lowest BCUT2D eigenvalue weighted by Gasteiger charge is -2.19. The first kappa shape index (κ1) is 15.7. The fraction of sp³-hybridized carbons (Fsp3) is 0.278. The van der Waals surface area contributed by atoms with E-state index in [-0.39, 0.29) is 5.91 Å². The summed E-state index contributed by atoms with van der Waals surface area (Å²) in [6.45, 7) is 3.17. The second kappa shape index (κ2) is 7.42.